The Hall–Kier alpha value is -1.39. The van der Waals surface area contributed by atoms with Crippen molar-refractivity contribution in [1.29, 1.82) is 0 Å². The number of nitrogens with one attached hydrogen (secondary N) is 1. The summed E-state index contributed by atoms with van der Waals surface area (Å²) in [6.45, 7) is 8.03. The smallest absolute Gasteiger partial charge is 0.316 e. The first kappa shape index (κ1) is 19.9. The van der Waals surface area contributed by atoms with Crippen LogP contribution in [0.15, 0.2) is 18.2 Å². The summed E-state index contributed by atoms with van der Waals surface area (Å²) in [4.78, 5) is 12.2. The highest BCUT2D eigenvalue weighted by atomic mass is 16.5. The largest absolute Gasteiger partial charge is 0.426 e. The topological polar surface area (TPSA) is 58.6 Å². The van der Waals surface area contributed by atoms with Crippen molar-refractivity contribution >= 4 is 5.97 Å². The number of aryl methyl sites for hydroxylation is 1. The fraction of sp³-hybridized carbons (Fsp3) is 0.708. The number of ether oxygens (including phenoxy) is 1. The molecule has 4 heteroatoms. The van der Waals surface area contributed by atoms with Crippen molar-refractivity contribution in [2.24, 2.45) is 22.7 Å². The zero-order chi connectivity index (χ0) is 20.3. The summed E-state index contributed by atoms with van der Waals surface area (Å²) in [5, 5.41) is 14.1. The lowest BCUT2D eigenvalue weighted by Gasteiger charge is -2.50. The maximum atomic E-state index is 12.2. The standard InChI is InChI=1S/C24H35NO3/c1-23(2,3)22(27)28-15-7-9-16-14(12-15)6-8-18-17(16)10-11-24(4)19(18)13-20(26)21(24)25-5/h7,9,12,17-21,25-26H,6,8,10-11,13H2,1-5H3/t17-,18-,19+,20-,21+,24+/m1/s1. The van der Waals surface area contributed by atoms with Gasteiger partial charge in [0.05, 0.1) is 11.5 Å². The second-order valence-electron chi connectivity index (χ2n) is 10.5. The van der Waals surface area contributed by atoms with Crippen molar-refractivity contribution in [3.8, 4) is 5.75 Å². The molecular weight excluding hydrogens is 350 g/mol. The summed E-state index contributed by atoms with van der Waals surface area (Å²) in [6, 6.07) is 6.46. The van der Waals surface area contributed by atoms with Gasteiger partial charge in [-0.1, -0.05) is 13.0 Å². The molecule has 4 rings (SSSR count). The Labute approximate surface area is 169 Å². The Bertz CT molecular complexity index is 768. The summed E-state index contributed by atoms with van der Waals surface area (Å²) < 4.78 is 5.63. The first-order chi connectivity index (χ1) is 13.1. The quantitative estimate of drug-likeness (QED) is 0.596. The lowest BCUT2D eigenvalue weighted by Crippen LogP contribution is -2.49. The Balaban J connectivity index is 1.57. The third kappa shape index (κ3) is 3.09. The van der Waals surface area contributed by atoms with Gasteiger partial charge in [0.1, 0.15) is 5.75 Å². The third-order valence-corrected chi connectivity index (χ3v) is 7.86. The molecule has 0 saturated heterocycles. The molecule has 0 aromatic heterocycles. The van der Waals surface area contributed by atoms with Gasteiger partial charge < -0.3 is 15.2 Å². The maximum Gasteiger partial charge on any atom is 0.316 e. The Morgan fingerprint density at radius 2 is 2.04 bits per heavy atom. The lowest BCUT2D eigenvalue weighted by atomic mass is 9.55. The third-order valence-electron chi connectivity index (χ3n) is 7.86. The number of fused-ring (bicyclic) bond motifs is 5. The van der Waals surface area contributed by atoms with Gasteiger partial charge in [-0.15, -0.1) is 0 Å². The van der Waals surface area contributed by atoms with Crippen LogP contribution < -0.4 is 10.1 Å². The van der Waals surface area contributed by atoms with E-state index in [4.69, 9.17) is 4.74 Å². The van der Waals surface area contributed by atoms with Crippen LogP contribution in [-0.2, 0) is 11.2 Å². The zero-order valence-corrected chi connectivity index (χ0v) is 17.9. The van der Waals surface area contributed by atoms with Crippen LogP contribution in [0.3, 0.4) is 0 Å². The van der Waals surface area contributed by atoms with Crippen molar-refractivity contribution in [3.05, 3.63) is 29.3 Å². The molecule has 3 aliphatic rings. The normalized spacial score (nSPS) is 37.0. The summed E-state index contributed by atoms with van der Waals surface area (Å²) in [6.07, 6.45) is 5.21. The van der Waals surface area contributed by atoms with E-state index in [1.807, 2.05) is 33.9 Å². The van der Waals surface area contributed by atoms with Gasteiger partial charge in [0.25, 0.3) is 0 Å². The minimum atomic E-state index is -0.498. The first-order valence-corrected chi connectivity index (χ1v) is 10.9. The minimum absolute atomic E-state index is 0.187. The average molecular weight is 386 g/mol. The number of esters is 1. The molecule has 0 radical (unpaired) electrons. The molecule has 0 bridgehead atoms. The maximum absolute atomic E-state index is 12.2. The molecular formula is C24H35NO3. The van der Waals surface area contributed by atoms with Gasteiger partial charge in [0.2, 0.25) is 0 Å². The van der Waals surface area contributed by atoms with E-state index in [1.165, 1.54) is 17.5 Å². The summed E-state index contributed by atoms with van der Waals surface area (Å²) in [5.74, 6) is 2.27. The number of carbonyl (C=O) groups excluding carboxylic acids is 1. The number of hydrogen-bond acceptors (Lipinski definition) is 4. The Kier molecular flexibility index (Phi) is 4.86. The van der Waals surface area contributed by atoms with Crippen LogP contribution >= 0.6 is 0 Å². The SMILES string of the molecule is CN[C@H]1[C@H](O)C[C@H]2[C@@H]3CCc4cc(OC(=O)C(C)(C)C)ccc4[C@H]3CC[C@@]21C. The molecule has 28 heavy (non-hydrogen) atoms. The zero-order valence-electron chi connectivity index (χ0n) is 17.9. The van der Waals surface area contributed by atoms with E-state index in [1.54, 1.807) is 0 Å². The second-order valence-corrected chi connectivity index (χ2v) is 10.5. The predicted molar refractivity (Wildman–Crippen MR) is 110 cm³/mol. The highest BCUT2D eigenvalue weighted by Crippen LogP contribution is 2.60. The van der Waals surface area contributed by atoms with E-state index in [9.17, 15) is 9.90 Å². The van der Waals surface area contributed by atoms with Crippen molar-refractivity contribution in [3.63, 3.8) is 0 Å². The molecule has 0 amide bonds. The highest BCUT2D eigenvalue weighted by Gasteiger charge is 2.57. The second kappa shape index (κ2) is 6.84. The fourth-order valence-electron chi connectivity index (χ4n) is 6.42. The van der Waals surface area contributed by atoms with E-state index in [0.717, 1.165) is 25.7 Å². The summed E-state index contributed by atoms with van der Waals surface area (Å²) in [5.41, 5.74) is 2.47. The highest BCUT2D eigenvalue weighted by molar-refractivity contribution is 5.77. The molecule has 0 unspecified atom stereocenters. The van der Waals surface area contributed by atoms with Crippen LogP contribution in [0, 0.1) is 22.7 Å². The van der Waals surface area contributed by atoms with Gasteiger partial charge in [-0.25, -0.2) is 0 Å². The van der Waals surface area contributed by atoms with Crippen LogP contribution in [-0.4, -0.2) is 30.3 Å². The molecule has 1 aromatic carbocycles. The summed E-state index contributed by atoms with van der Waals surface area (Å²) in [7, 11) is 1.99. The molecule has 4 nitrogen and oxygen atoms in total. The van der Waals surface area contributed by atoms with Crippen LogP contribution in [0.2, 0.25) is 0 Å². The first-order valence-electron chi connectivity index (χ1n) is 10.9. The minimum Gasteiger partial charge on any atom is -0.426 e. The molecule has 0 spiro atoms. The van der Waals surface area contributed by atoms with Crippen molar-refractivity contribution < 1.29 is 14.6 Å². The Morgan fingerprint density at radius 1 is 1.29 bits per heavy atom. The number of aliphatic hydroxyl groups excluding tert-OH is 1. The van der Waals surface area contributed by atoms with Gasteiger partial charge in [0.15, 0.2) is 0 Å². The average Bonchev–Trinajstić information content (AvgIpc) is 2.90. The molecule has 2 saturated carbocycles. The number of benzene rings is 1. The number of hydrogen-bond donors (Lipinski definition) is 2. The van der Waals surface area contributed by atoms with Crippen molar-refractivity contribution in [1.82, 2.24) is 5.32 Å². The molecule has 1 aromatic rings. The summed E-state index contributed by atoms with van der Waals surface area (Å²) >= 11 is 0. The van der Waals surface area contributed by atoms with Gasteiger partial charge in [-0.2, -0.15) is 0 Å². The van der Waals surface area contributed by atoms with E-state index in [2.05, 4.69) is 24.4 Å². The number of likely N-dealkylation sites (N-methyl/N-ethyl adjacent to an activating group) is 1. The molecule has 6 atom stereocenters. The van der Waals surface area contributed by atoms with Crippen LogP contribution in [0.4, 0.5) is 0 Å². The van der Waals surface area contributed by atoms with E-state index in [0.29, 0.717) is 23.5 Å². The predicted octanol–water partition coefficient (Wildman–Crippen LogP) is 4.05. The van der Waals surface area contributed by atoms with Gasteiger partial charge in [-0.3, -0.25) is 4.79 Å². The van der Waals surface area contributed by atoms with Crippen molar-refractivity contribution in [2.75, 3.05) is 7.05 Å². The monoisotopic (exact) mass is 385 g/mol. The van der Waals surface area contributed by atoms with E-state index in [-0.39, 0.29) is 23.5 Å². The molecule has 0 heterocycles. The van der Waals surface area contributed by atoms with Gasteiger partial charge in [0, 0.05) is 6.04 Å². The number of rotatable bonds is 2. The molecule has 2 fully saturated rings. The van der Waals surface area contributed by atoms with Gasteiger partial charge >= 0.3 is 5.97 Å². The molecule has 0 aliphatic heterocycles. The van der Waals surface area contributed by atoms with Crippen molar-refractivity contribution in [2.45, 2.75) is 77.9 Å². The van der Waals surface area contributed by atoms with Crippen LogP contribution in [0.1, 0.15) is 70.4 Å². The van der Waals surface area contributed by atoms with Gasteiger partial charge in [-0.05, 0) is 106 Å². The molecule has 2 N–H and O–H groups in total. The molecule has 3 aliphatic carbocycles. The van der Waals surface area contributed by atoms with E-state index < -0.39 is 5.41 Å². The van der Waals surface area contributed by atoms with Crippen LogP contribution in [0.5, 0.6) is 5.75 Å². The lowest BCUT2D eigenvalue weighted by molar-refractivity contribution is -0.143. The fourth-order valence-corrected chi connectivity index (χ4v) is 6.42. The van der Waals surface area contributed by atoms with Crippen LogP contribution in [0.25, 0.3) is 0 Å². The molecule has 154 valence electrons. The Morgan fingerprint density at radius 3 is 2.71 bits per heavy atom. The number of carbonyl (C=O) groups is 1. The number of aliphatic hydroxyl groups is 1. The van der Waals surface area contributed by atoms with E-state index >= 15 is 0 Å².